The highest BCUT2D eigenvalue weighted by Crippen LogP contribution is 2.27. The Hall–Kier alpha value is 0.270. The first-order chi connectivity index (χ1) is 8.81. The third-order valence-corrected chi connectivity index (χ3v) is 5.74. The minimum Gasteiger partial charge on any atom is -0.311 e. The van der Waals surface area contributed by atoms with Gasteiger partial charge >= 0.3 is 0 Å². The number of piperidine rings is 1. The van der Waals surface area contributed by atoms with Gasteiger partial charge in [0, 0.05) is 17.3 Å². The van der Waals surface area contributed by atoms with Crippen molar-refractivity contribution in [1.82, 2.24) is 10.2 Å². The molecule has 1 N–H and O–H groups in total. The van der Waals surface area contributed by atoms with Crippen molar-refractivity contribution in [3.63, 3.8) is 0 Å². The summed E-state index contributed by atoms with van der Waals surface area (Å²) >= 11 is 2.07. The number of hydrogen-bond donors (Lipinski definition) is 1. The van der Waals surface area contributed by atoms with Gasteiger partial charge in [-0.1, -0.05) is 6.92 Å². The zero-order valence-electron chi connectivity index (χ0n) is 12.2. The van der Waals surface area contributed by atoms with Crippen molar-refractivity contribution < 1.29 is 0 Å². The van der Waals surface area contributed by atoms with E-state index in [0.717, 1.165) is 17.3 Å². The molecule has 0 amide bonds. The van der Waals surface area contributed by atoms with E-state index in [2.05, 4.69) is 35.2 Å². The molecule has 0 atom stereocenters. The Kier molecular flexibility index (Phi) is 6.33. The molecule has 2 rings (SSSR count). The Labute approximate surface area is 117 Å². The number of thioether (sulfide) groups is 1. The molecule has 0 radical (unpaired) electrons. The highest BCUT2D eigenvalue weighted by Gasteiger charge is 2.24. The summed E-state index contributed by atoms with van der Waals surface area (Å²) in [6.45, 7) is 6.21. The van der Waals surface area contributed by atoms with E-state index < -0.39 is 0 Å². The summed E-state index contributed by atoms with van der Waals surface area (Å²) in [5, 5.41) is 4.87. The molecular weight excluding hydrogens is 240 g/mol. The zero-order chi connectivity index (χ0) is 12.8. The summed E-state index contributed by atoms with van der Waals surface area (Å²) < 4.78 is 0. The smallest absolute Gasteiger partial charge is 0.00940 e. The predicted octanol–water partition coefficient (Wildman–Crippen LogP) is 3.12. The van der Waals surface area contributed by atoms with Gasteiger partial charge < -0.3 is 10.2 Å². The second-order valence-corrected chi connectivity index (χ2v) is 7.13. The van der Waals surface area contributed by atoms with Crippen LogP contribution in [-0.4, -0.2) is 48.1 Å². The summed E-state index contributed by atoms with van der Waals surface area (Å²) in [7, 11) is 0. The van der Waals surface area contributed by atoms with Gasteiger partial charge in [-0.15, -0.1) is 0 Å². The van der Waals surface area contributed by atoms with Crippen LogP contribution in [0.5, 0.6) is 0 Å². The van der Waals surface area contributed by atoms with Gasteiger partial charge in [0.1, 0.15) is 0 Å². The van der Waals surface area contributed by atoms with Crippen molar-refractivity contribution in [1.29, 1.82) is 0 Å². The summed E-state index contributed by atoms with van der Waals surface area (Å²) in [5.74, 6) is 0. The molecule has 3 heteroatoms. The number of likely N-dealkylation sites (tertiary alicyclic amines) is 1. The van der Waals surface area contributed by atoms with Gasteiger partial charge in [-0.2, -0.15) is 11.8 Å². The molecule has 1 saturated heterocycles. The molecule has 2 aliphatic rings. The minimum atomic E-state index is 0.800. The molecule has 2 nitrogen and oxygen atoms in total. The van der Waals surface area contributed by atoms with Crippen molar-refractivity contribution in [3.8, 4) is 0 Å². The Bertz CT molecular complexity index is 219. The lowest BCUT2D eigenvalue weighted by Gasteiger charge is -2.36. The second-order valence-electron chi connectivity index (χ2n) is 5.99. The van der Waals surface area contributed by atoms with Gasteiger partial charge in [0.2, 0.25) is 0 Å². The average Bonchev–Trinajstić information content (AvgIpc) is 2.42. The van der Waals surface area contributed by atoms with Gasteiger partial charge in [-0.3, -0.25) is 0 Å². The van der Waals surface area contributed by atoms with Crippen LogP contribution < -0.4 is 5.32 Å². The molecule has 18 heavy (non-hydrogen) atoms. The van der Waals surface area contributed by atoms with E-state index >= 15 is 0 Å². The Morgan fingerprint density at radius 2 is 1.61 bits per heavy atom. The Balaban J connectivity index is 1.63. The number of nitrogens with zero attached hydrogens (tertiary/aromatic N) is 1. The van der Waals surface area contributed by atoms with E-state index in [-0.39, 0.29) is 0 Å². The second kappa shape index (κ2) is 7.76. The van der Waals surface area contributed by atoms with Gasteiger partial charge in [0.25, 0.3) is 0 Å². The van der Waals surface area contributed by atoms with Crippen LogP contribution in [-0.2, 0) is 0 Å². The first-order valence-corrected chi connectivity index (χ1v) is 9.11. The highest BCUT2D eigenvalue weighted by atomic mass is 32.2. The van der Waals surface area contributed by atoms with E-state index in [0.29, 0.717) is 0 Å². The SMILES string of the molecule is CCCN1CCC(NC2CCC(SC)CC2)CC1. The molecule has 0 aromatic heterocycles. The van der Waals surface area contributed by atoms with Gasteiger partial charge in [-0.05, 0) is 70.8 Å². The molecule has 1 aliphatic carbocycles. The third kappa shape index (κ3) is 4.43. The standard InChI is InChI=1S/C15H30N2S/c1-3-10-17-11-8-14(9-12-17)16-13-4-6-15(18-2)7-5-13/h13-16H,3-12H2,1-2H3. The van der Waals surface area contributed by atoms with Crippen molar-refractivity contribution in [2.24, 2.45) is 0 Å². The fourth-order valence-electron chi connectivity index (χ4n) is 3.44. The van der Waals surface area contributed by atoms with Crippen LogP contribution in [0, 0.1) is 0 Å². The van der Waals surface area contributed by atoms with Crippen molar-refractivity contribution in [2.75, 3.05) is 25.9 Å². The molecule has 106 valence electrons. The zero-order valence-corrected chi connectivity index (χ0v) is 13.0. The molecule has 1 aliphatic heterocycles. The summed E-state index contributed by atoms with van der Waals surface area (Å²) in [6.07, 6.45) is 12.0. The lowest BCUT2D eigenvalue weighted by Crippen LogP contribution is -2.47. The van der Waals surface area contributed by atoms with Crippen molar-refractivity contribution in [3.05, 3.63) is 0 Å². The highest BCUT2D eigenvalue weighted by molar-refractivity contribution is 7.99. The molecule has 1 heterocycles. The Morgan fingerprint density at radius 1 is 1.00 bits per heavy atom. The Morgan fingerprint density at radius 3 is 2.17 bits per heavy atom. The monoisotopic (exact) mass is 270 g/mol. The van der Waals surface area contributed by atoms with Crippen LogP contribution in [0.15, 0.2) is 0 Å². The quantitative estimate of drug-likeness (QED) is 0.826. The fraction of sp³-hybridized carbons (Fsp3) is 1.00. The van der Waals surface area contributed by atoms with E-state index in [1.54, 1.807) is 0 Å². The van der Waals surface area contributed by atoms with Crippen LogP contribution >= 0.6 is 11.8 Å². The first-order valence-electron chi connectivity index (χ1n) is 7.83. The van der Waals surface area contributed by atoms with Crippen LogP contribution in [0.3, 0.4) is 0 Å². The largest absolute Gasteiger partial charge is 0.311 e. The minimum absolute atomic E-state index is 0.800. The van der Waals surface area contributed by atoms with Crippen LogP contribution in [0.4, 0.5) is 0 Å². The van der Waals surface area contributed by atoms with Crippen molar-refractivity contribution in [2.45, 2.75) is 69.2 Å². The van der Waals surface area contributed by atoms with Crippen LogP contribution in [0.25, 0.3) is 0 Å². The first kappa shape index (κ1) is 14.7. The number of hydrogen-bond acceptors (Lipinski definition) is 3. The maximum absolute atomic E-state index is 3.93. The lowest BCUT2D eigenvalue weighted by atomic mass is 9.93. The number of nitrogens with one attached hydrogen (secondary N) is 1. The molecule has 0 aromatic rings. The predicted molar refractivity (Wildman–Crippen MR) is 82.4 cm³/mol. The lowest BCUT2D eigenvalue weighted by molar-refractivity contribution is 0.184. The third-order valence-electron chi connectivity index (χ3n) is 4.61. The van der Waals surface area contributed by atoms with E-state index in [1.165, 1.54) is 64.6 Å². The molecule has 0 spiro atoms. The van der Waals surface area contributed by atoms with E-state index in [9.17, 15) is 0 Å². The van der Waals surface area contributed by atoms with Crippen LogP contribution in [0.1, 0.15) is 51.9 Å². The van der Waals surface area contributed by atoms with E-state index in [1.807, 2.05) is 0 Å². The topological polar surface area (TPSA) is 15.3 Å². The maximum atomic E-state index is 3.93. The molecule has 2 fully saturated rings. The molecule has 0 unspecified atom stereocenters. The summed E-state index contributed by atoms with van der Waals surface area (Å²) in [4.78, 5) is 2.63. The molecule has 0 aromatic carbocycles. The molecule has 1 saturated carbocycles. The summed E-state index contributed by atoms with van der Waals surface area (Å²) in [6, 6.07) is 1.62. The summed E-state index contributed by atoms with van der Waals surface area (Å²) in [5.41, 5.74) is 0. The van der Waals surface area contributed by atoms with Gasteiger partial charge in [0.15, 0.2) is 0 Å². The average molecular weight is 270 g/mol. The van der Waals surface area contributed by atoms with Crippen LogP contribution in [0.2, 0.25) is 0 Å². The van der Waals surface area contributed by atoms with E-state index in [4.69, 9.17) is 0 Å². The molecular formula is C15H30N2S. The normalized spacial score (nSPS) is 31.7. The maximum Gasteiger partial charge on any atom is 0.00940 e. The fourth-order valence-corrected chi connectivity index (χ4v) is 4.18. The number of rotatable bonds is 5. The van der Waals surface area contributed by atoms with Gasteiger partial charge in [0.05, 0.1) is 0 Å². The molecule has 0 bridgehead atoms. The van der Waals surface area contributed by atoms with Gasteiger partial charge in [-0.25, -0.2) is 0 Å². The van der Waals surface area contributed by atoms with Crippen molar-refractivity contribution >= 4 is 11.8 Å².